The fraction of sp³-hybridized carbons (Fsp3) is 0.471. The van der Waals surface area contributed by atoms with Crippen molar-refractivity contribution in [1.29, 1.82) is 0 Å². The first-order valence-corrected chi connectivity index (χ1v) is 8.37. The molecule has 6 heteroatoms. The minimum atomic E-state index is -0.133. The van der Waals surface area contributed by atoms with Gasteiger partial charge in [-0.25, -0.2) is 0 Å². The second-order valence-corrected chi connectivity index (χ2v) is 6.36. The van der Waals surface area contributed by atoms with E-state index in [1.54, 1.807) is 18.2 Å². The highest BCUT2D eigenvalue weighted by Gasteiger charge is 2.16. The summed E-state index contributed by atoms with van der Waals surface area (Å²) in [6, 6.07) is 5.18. The molecule has 0 bridgehead atoms. The Labute approximate surface area is 140 Å². The maximum absolute atomic E-state index is 12.4. The van der Waals surface area contributed by atoms with E-state index in [-0.39, 0.29) is 17.5 Å². The zero-order valence-corrected chi connectivity index (χ0v) is 14.8. The molecule has 1 aromatic carbocycles. The maximum atomic E-state index is 12.4. The molecular formula is C17H23N3O2S. The molecule has 124 valence electrons. The van der Waals surface area contributed by atoms with Crippen molar-refractivity contribution >= 4 is 29.0 Å². The highest BCUT2D eigenvalue weighted by Crippen LogP contribution is 2.12. The van der Waals surface area contributed by atoms with Crippen LogP contribution >= 0.6 is 12.2 Å². The lowest BCUT2D eigenvalue weighted by Crippen LogP contribution is -2.38. The van der Waals surface area contributed by atoms with Gasteiger partial charge in [0.05, 0.1) is 10.9 Å². The summed E-state index contributed by atoms with van der Waals surface area (Å²) in [5.74, 6) is 0.235. The average Bonchev–Trinajstić information content (AvgIpc) is 2.51. The minimum absolute atomic E-state index is 0.129. The van der Waals surface area contributed by atoms with E-state index < -0.39 is 0 Å². The summed E-state index contributed by atoms with van der Waals surface area (Å²) in [6.45, 7) is 8.60. The normalized spacial score (nSPS) is 12.6. The molecule has 0 aliphatic carbocycles. The lowest BCUT2D eigenvalue weighted by molar-refractivity contribution is 0.0924. The van der Waals surface area contributed by atoms with Crippen molar-refractivity contribution in [2.45, 2.75) is 46.7 Å². The Hall–Kier alpha value is -1.95. The summed E-state index contributed by atoms with van der Waals surface area (Å²) in [6.07, 6.45) is 0.876. The second kappa shape index (κ2) is 7.08. The molecule has 0 aliphatic heterocycles. The molecule has 1 amide bonds. The lowest BCUT2D eigenvalue weighted by atomic mass is 10.0. The third-order valence-corrected chi connectivity index (χ3v) is 4.44. The first kappa shape index (κ1) is 17.4. The van der Waals surface area contributed by atoms with Gasteiger partial charge in [0, 0.05) is 18.2 Å². The summed E-state index contributed by atoms with van der Waals surface area (Å²) < 4.78 is 1.87. The van der Waals surface area contributed by atoms with Gasteiger partial charge in [-0.2, -0.15) is 0 Å². The zero-order valence-electron chi connectivity index (χ0n) is 14.0. The van der Waals surface area contributed by atoms with Crippen LogP contribution in [0.4, 0.5) is 0 Å². The molecule has 0 saturated heterocycles. The molecule has 0 spiro atoms. The number of fused-ring (bicyclic) bond motifs is 1. The Morgan fingerprint density at radius 1 is 1.35 bits per heavy atom. The molecule has 0 unspecified atom stereocenters. The number of amides is 1. The molecule has 2 rings (SSSR count). The largest absolute Gasteiger partial charge is 0.349 e. The van der Waals surface area contributed by atoms with Crippen molar-refractivity contribution in [3.8, 4) is 0 Å². The number of H-pyrrole nitrogens is 1. The number of carbonyl (C=O) groups is 1. The molecule has 0 fully saturated rings. The highest BCUT2D eigenvalue weighted by atomic mass is 32.1. The predicted molar refractivity (Wildman–Crippen MR) is 95.4 cm³/mol. The molecule has 0 radical (unpaired) electrons. The van der Waals surface area contributed by atoms with Gasteiger partial charge in [-0.15, -0.1) is 0 Å². The number of nitrogens with one attached hydrogen (secondary N) is 2. The SMILES string of the molecule is CC[C@@H](NC(=O)c1ccc2c(=O)n(CC)c(=S)[nH]c2c1)C(C)C. The van der Waals surface area contributed by atoms with E-state index in [1.165, 1.54) is 4.57 Å². The standard InChI is InChI=1S/C17H23N3O2S/c1-5-13(10(3)4)18-15(21)11-7-8-12-14(9-11)19-17(23)20(6-2)16(12)22/h7-10,13H,5-6H2,1-4H3,(H,18,21)(H,19,23)/t13-/m1/s1. The van der Waals surface area contributed by atoms with E-state index in [1.807, 2.05) is 6.92 Å². The van der Waals surface area contributed by atoms with Crippen LogP contribution in [0.3, 0.4) is 0 Å². The summed E-state index contributed by atoms with van der Waals surface area (Å²) in [5.41, 5.74) is 0.984. The zero-order chi connectivity index (χ0) is 17.1. The molecule has 1 atom stereocenters. The first-order chi connectivity index (χ1) is 10.9. The summed E-state index contributed by atoms with van der Waals surface area (Å²) in [7, 11) is 0. The van der Waals surface area contributed by atoms with Crippen LogP contribution in [0.15, 0.2) is 23.0 Å². The van der Waals surface area contributed by atoms with Gasteiger partial charge < -0.3 is 10.3 Å². The molecule has 0 saturated carbocycles. The fourth-order valence-corrected chi connectivity index (χ4v) is 3.00. The lowest BCUT2D eigenvalue weighted by Gasteiger charge is -2.20. The summed E-state index contributed by atoms with van der Waals surface area (Å²) in [5, 5.41) is 3.57. The third kappa shape index (κ3) is 3.52. The molecule has 1 heterocycles. The van der Waals surface area contributed by atoms with Crippen LogP contribution in [0.5, 0.6) is 0 Å². The number of nitrogens with zero attached hydrogens (tertiary/aromatic N) is 1. The van der Waals surface area contributed by atoms with E-state index >= 15 is 0 Å². The highest BCUT2D eigenvalue weighted by molar-refractivity contribution is 7.71. The molecule has 1 aromatic heterocycles. The Kier molecular flexibility index (Phi) is 5.36. The maximum Gasteiger partial charge on any atom is 0.262 e. The Bertz CT molecular complexity index is 836. The molecule has 2 aromatic rings. The van der Waals surface area contributed by atoms with Gasteiger partial charge in [0.15, 0.2) is 4.77 Å². The van der Waals surface area contributed by atoms with Gasteiger partial charge >= 0.3 is 0 Å². The number of rotatable bonds is 5. The molecule has 0 aliphatic rings. The van der Waals surface area contributed by atoms with Crippen molar-refractivity contribution in [3.05, 3.63) is 38.9 Å². The van der Waals surface area contributed by atoms with Gasteiger partial charge in [0.2, 0.25) is 0 Å². The predicted octanol–water partition coefficient (Wildman–Crippen LogP) is 3.24. The van der Waals surface area contributed by atoms with Crippen LogP contribution < -0.4 is 10.9 Å². The molecule has 2 N–H and O–H groups in total. The monoisotopic (exact) mass is 333 g/mol. The number of aromatic nitrogens is 2. The first-order valence-electron chi connectivity index (χ1n) is 7.96. The quantitative estimate of drug-likeness (QED) is 0.826. The number of aromatic amines is 1. The van der Waals surface area contributed by atoms with E-state index in [4.69, 9.17) is 12.2 Å². The van der Waals surface area contributed by atoms with Gasteiger partial charge in [-0.3, -0.25) is 14.2 Å². The van der Waals surface area contributed by atoms with Gasteiger partial charge in [-0.05, 0) is 49.7 Å². The van der Waals surface area contributed by atoms with E-state index in [9.17, 15) is 9.59 Å². The van der Waals surface area contributed by atoms with E-state index in [0.717, 1.165) is 6.42 Å². The van der Waals surface area contributed by atoms with E-state index in [0.29, 0.717) is 33.7 Å². The molecule has 23 heavy (non-hydrogen) atoms. The number of hydrogen-bond acceptors (Lipinski definition) is 3. The second-order valence-electron chi connectivity index (χ2n) is 5.97. The topological polar surface area (TPSA) is 66.9 Å². The van der Waals surface area contributed by atoms with Crippen LogP contribution in [0.25, 0.3) is 10.9 Å². The van der Waals surface area contributed by atoms with Gasteiger partial charge in [0.1, 0.15) is 0 Å². The number of carbonyl (C=O) groups excluding carboxylic acids is 1. The van der Waals surface area contributed by atoms with E-state index in [2.05, 4.69) is 31.1 Å². The van der Waals surface area contributed by atoms with Crippen LogP contribution in [-0.2, 0) is 6.54 Å². The third-order valence-electron chi connectivity index (χ3n) is 4.12. The van der Waals surface area contributed by atoms with Gasteiger partial charge in [-0.1, -0.05) is 20.8 Å². The van der Waals surface area contributed by atoms with Gasteiger partial charge in [0.25, 0.3) is 11.5 Å². The van der Waals surface area contributed by atoms with Crippen molar-refractivity contribution in [3.63, 3.8) is 0 Å². The molecular weight excluding hydrogens is 310 g/mol. The Morgan fingerprint density at radius 3 is 2.61 bits per heavy atom. The van der Waals surface area contributed by atoms with Crippen molar-refractivity contribution < 1.29 is 4.79 Å². The molecule has 5 nitrogen and oxygen atoms in total. The van der Waals surface area contributed by atoms with Crippen LogP contribution in [0.1, 0.15) is 44.5 Å². The Balaban J connectivity index is 2.43. The Morgan fingerprint density at radius 2 is 2.04 bits per heavy atom. The van der Waals surface area contributed by atoms with Crippen LogP contribution in [0.2, 0.25) is 0 Å². The van der Waals surface area contributed by atoms with Crippen molar-refractivity contribution in [2.75, 3.05) is 0 Å². The minimum Gasteiger partial charge on any atom is -0.349 e. The van der Waals surface area contributed by atoms with Crippen molar-refractivity contribution in [2.24, 2.45) is 5.92 Å². The fourth-order valence-electron chi connectivity index (χ4n) is 2.67. The summed E-state index contributed by atoms with van der Waals surface area (Å²) >= 11 is 5.20. The summed E-state index contributed by atoms with van der Waals surface area (Å²) in [4.78, 5) is 27.8. The van der Waals surface area contributed by atoms with Crippen LogP contribution in [-0.4, -0.2) is 21.5 Å². The van der Waals surface area contributed by atoms with Crippen molar-refractivity contribution in [1.82, 2.24) is 14.9 Å². The number of hydrogen-bond donors (Lipinski definition) is 2. The smallest absolute Gasteiger partial charge is 0.262 e. The number of benzene rings is 1. The average molecular weight is 333 g/mol. The van der Waals surface area contributed by atoms with Crippen LogP contribution in [0, 0.1) is 10.7 Å².